The van der Waals surface area contributed by atoms with E-state index in [2.05, 4.69) is 6.07 Å². The third-order valence-corrected chi connectivity index (χ3v) is 2.98. The van der Waals surface area contributed by atoms with Gasteiger partial charge in [-0.1, -0.05) is 19.1 Å². The molecular weight excluding hydrogens is 254 g/mol. The van der Waals surface area contributed by atoms with Crippen molar-refractivity contribution in [3.8, 4) is 11.8 Å². The molecule has 0 unspecified atom stereocenters. The predicted octanol–water partition coefficient (Wildman–Crippen LogP) is 1.35. The Labute approximate surface area is 120 Å². The van der Waals surface area contributed by atoms with Gasteiger partial charge in [0.1, 0.15) is 18.4 Å². The van der Waals surface area contributed by atoms with E-state index < -0.39 is 0 Å². The van der Waals surface area contributed by atoms with Crippen LogP contribution in [-0.2, 0) is 4.79 Å². The number of rotatable bonds is 7. The Bertz CT molecular complexity index is 480. The Balaban J connectivity index is 2.46. The molecule has 108 valence electrons. The highest BCUT2D eigenvalue weighted by molar-refractivity contribution is 5.77. The summed E-state index contributed by atoms with van der Waals surface area (Å²) in [6, 6.07) is 9.24. The average molecular weight is 275 g/mol. The Morgan fingerprint density at radius 3 is 2.65 bits per heavy atom. The smallest absolute Gasteiger partial charge is 0.236 e. The largest absolute Gasteiger partial charge is 0.491 e. The SMILES string of the molecule is CCN(CCOc1ccccc1C#N)CC(=O)N(C)C. The molecule has 0 radical (unpaired) electrons. The van der Waals surface area contributed by atoms with Crippen molar-refractivity contribution in [1.82, 2.24) is 9.80 Å². The second-order valence-corrected chi connectivity index (χ2v) is 4.61. The van der Waals surface area contributed by atoms with E-state index in [9.17, 15) is 4.79 Å². The average Bonchev–Trinajstić information content (AvgIpc) is 2.46. The van der Waals surface area contributed by atoms with E-state index in [4.69, 9.17) is 10.00 Å². The molecule has 0 saturated heterocycles. The quantitative estimate of drug-likeness (QED) is 0.753. The Kier molecular flexibility index (Phi) is 6.54. The molecule has 0 aromatic heterocycles. The number of carbonyl (C=O) groups excluding carboxylic acids is 1. The maximum Gasteiger partial charge on any atom is 0.236 e. The summed E-state index contributed by atoms with van der Waals surface area (Å²) in [6.07, 6.45) is 0. The lowest BCUT2D eigenvalue weighted by Gasteiger charge is -2.22. The van der Waals surface area contributed by atoms with Crippen molar-refractivity contribution >= 4 is 5.91 Å². The van der Waals surface area contributed by atoms with Crippen LogP contribution in [0.15, 0.2) is 24.3 Å². The van der Waals surface area contributed by atoms with E-state index in [0.29, 0.717) is 31.0 Å². The summed E-state index contributed by atoms with van der Waals surface area (Å²) in [7, 11) is 3.49. The maximum atomic E-state index is 11.6. The van der Waals surface area contributed by atoms with Crippen molar-refractivity contribution in [1.29, 1.82) is 5.26 Å². The van der Waals surface area contributed by atoms with Crippen molar-refractivity contribution in [2.24, 2.45) is 0 Å². The Morgan fingerprint density at radius 1 is 1.35 bits per heavy atom. The summed E-state index contributed by atoms with van der Waals surface area (Å²) in [6.45, 7) is 4.27. The highest BCUT2D eigenvalue weighted by Crippen LogP contribution is 2.16. The van der Waals surface area contributed by atoms with Crippen LogP contribution in [0.2, 0.25) is 0 Å². The second kappa shape index (κ2) is 8.18. The van der Waals surface area contributed by atoms with Crippen molar-refractivity contribution in [2.75, 3.05) is 40.3 Å². The molecule has 20 heavy (non-hydrogen) atoms. The van der Waals surface area contributed by atoms with E-state index in [0.717, 1.165) is 6.54 Å². The predicted molar refractivity (Wildman–Crippen MR) is 77.5 cm³/mol. The van der Waals surface area contributed by atoms with E-state index in [1.807, 2.05) is 17.9 Å². The van der Waals surface area contributed by atoms with Crippen LogP contribution in [0, 0.1) is 11.3 Å². The van der Waals surface area contributed by atoms with Crippen LogP contribution in [-0.4, -0.2) is 56.0 Å². The molecule has 0 aliphatic rings. The van der Waals surface area contributed by atoms with E-state index >= 15 is 0 Å². The fourth-order valence-corrected chi connectivity index (χ4v) is 1.65. The molecule has 0 heterocycles. The minimum absolute atomic E-state index is 0.0734. The van der Waals surface area contributed by atoms with E-state index in [1.54, 1.807) is 37.2 Å². The monoisotopic (exact) mass is 275 g/mol. The molecule has 0 spiro atoms. The number of benzene rings is 1. The van der Waals surface area contributed by atoms with Crippen molar-refractivity contribution in [2.45, 2.75) is 6.92 Å². The lowest BCUT2D eigenvalue weighted by Crippen LogP contribution is -2.38. The van der Waals surface area contributed by atoms with E-state index in [-0.39, 0.29) is 5.91 Å². The minimum atomic E-state index is 0.0734. The molecular formula is C15H21N3O2. The second-order valence-electron chi connectivity index (χ2n) is 4.61. The molecule has 0 bridgehead atoms. The van der Waals surface area contributed by atoms with Crippen LogP contribution in [0.25, 0.3) is 0 Å². The fraction of sp³-hybridized carbons (Fsp3) is 0.467. The van der Waals surface area contributed by atoms with Crippen LogP contribution in [0.3, 0.4) is 0 Å². The molecule has 0 atom stereocenters. The Morgan fingerprint density at radius 2 is 2.05 bits per heavy atom. The Hall–Kier alpha value is -2.06. The highest BCUT2D eigenvalue weighted by Gasteiger charge is 2.11. The van der Waals surface area contributed by atoms with Gasteiger partial charge in [-0.25, -0.2) is 0 Å². The molecule has 0 aliphatic heterocycles. The molecule has 0 saturated carbocycles. The van der Waals surface area contributed by atoms with Crippen LogP contribution < -0.4 is 4.74 Å². The molecule has 5 nitrogen and oxygen atoms in total. The van der Waals surface area contributed by atoms with Gasteiger partial charge < -0.3 is 9.64 Å². The van der Waals surface area contributed by atoms with Gasteiger partial charge in [-0.05, 0) is 18.7 Å². The first-order valence-corrected chi connectivity index (χ1v) is 6.63. The summed E-state index contributed by atoms with van der Waals surface area (Å²) in [5, 5.41) is 8.96. The van der Waals surface area contributed by atoms with Crippen LogP contribution in [0.4, 0.5) is 0 Å². The topological polar surface area (TPSA) is 56.6 Å². The van der Waals surface area contributed by atoms with Gasteiger partial charge in [0.25, 0.3) is 0 Å². The minimum Gasteiger partial charge on any atom is -0.491 e. The lowest BCUT2D eigenvalue weighted by molar-refractivity contribution is -0.129. The molecule has 0 N–H and O–H groups in total. The summed E-state index contributed by atoms with van der Waals surface area (Å²) >= 11 is 0. The number of hydrogen-bond donors (Lipinski definition) is 0. The van der Waals surface area contributed by atoms with Gasteiger partial charge in [0.2, 0.25) is 5.91 Å². The number of hydrogen-bond acceptors (Lipinski definition) is 4. The lowest BCUT2D eigenvalue weighted by atomic mass is 10.2. The van der Waals surface area contributed by atoms with Gasteiger partial charge in [-0.2, -0.15) is 5.26 Å². The third-order valence-electron chi connectivity index (χ3n) is 2.98. The van der Waals surface area contributed by atoms with E-state index in [1.165, 1.54) is 0 Å². The van der Waals surface area contributed by atoms with Gasteiger partial charge in [0.05, 0.1) is 12.1 Å². The number of nitriles is 1. The number of amides is 1. The van der Waals surface area contributed by atoms with Crippen molar-refractivity contribution in [3.05, 3.63) is 29.8 Å². The molecule has 5 heteroatoms. The van der Waals surface area contributed by atoms with Gasteiger partial charge >= 0.3 is 0 Å². The number of carbonyl (C=O) groups is 1. The number of likely N-dealkylation sites (N-methyl/N-ethyl adjacent to an activating group) is 2. The fourth-order valence-electron chi connectivity index (χ4n) is 1.65. The summed E-state index contributed by atoms with van der Waals surface area (Å²) in [5.74, 6) is 0.661. The summed E-state index contributed by atoms with van der Waals surface area (Å²) < 4.78 is 5.61. The normalized spacial score (nSPS) is 10.2. The number of nitrogens with zero attached hydrogens (tertiary/aromatic N) is 3. The standard InChI is InChI=1S/C15H21N3O2/c1-4-18(12-15(19)17(2)3)9-10-20-14-8-6-5-7-13(14)11-16/h5-8H,4,9-10,12H2,1-3H3. The zero-order valence-electron chi connectivity index (χ0n) is 12.3. The third kappa shape index (κ3) is 4.90. The van der Waals surface area contributed by atoms with Crippen molar-refractivity contribution < 1.29 is 9.53 Å². The summed E-state index contributed by atoms with van der Waals surface area (Å²) in [5.41, 5.74) is 0.528. The molecule has 0 fully saturated rings. The molecule has 0 aliphatic carbocycles. The van der Waals surface area contributed by atoms with Crippen LogP contribution in [0.5, 0.6) is 5.75 Å². The van der Waals surface area contributed by atoms with Gasteiger partial charge in [0.15, 0.2) is 0 Å². The van der Waals surface area contributed by atoms with Gasteiger partial charge in [0, 0.05) is 20.6 Å². The first-order valence-electron chi connectivity index (χ1n) is 6.63. The molecule has 1 aromatic carbocycles. The highest BCUT2D eigenvalue weighted by atomic mass is 16.5. The molecule has 1 rings (SSSR count). The van der Waals surface area contributed by atoms with Crippen LogP contribution >= 0.6 is 0 Å². The van der Waals surface area contributed by atoms with Gasteiger partial charge in [-0.15, -0.1) is 0 Å². The maximum absolute atomic E-state index is 11.6. The summed E-state index contributed by atoms with van der Waals surface area (Å²) in [4.78, 5) is 15.2. The first kappa shape index (κ1) is 16.0. The van der Waals surface area contributed by atoms with Gasteiger partial charge in [-0.3, -0.25) is 9.69 Å². The molecule has 1 amide bonds. The van der Waals surface area contributed by atoms with Crippen molar-refractivity contribution in [3.63, 3.8) is 0 Å². The first-order chi connectivity index (χ1) is 9.58. The number of para-hydroxylation sites is 1. The van der Waals surface area contributed by atoms with Crippen LogP contribution in [0.1, 0.15) is 12.5 Å². The molecule has 1 aromatic rings. The zero-order chi connectivity index (χ0) is 15.0. The zero-order valence-corrected chi connectivity index (χ0v) is 12.3. The number of ether oxygens (including phenoxy) is 1.